The van der Waals surface area contributed by atoms with Gasteiger partial charge in [0.1, 0.15) is 22.9 Å². The number of amides is 2. The van der Waals surface area contributed by atoms with E-state index in [1.165, 1.54) is 19.3 Å². The van der Waals surface area contributed by atoms with Crippen molar-refractivity contribution in [3.05, 3.63) is 59.7 Å². The second-order valence-electron chi connectivity index (χ2n) is 8.62. The zero-order chi connectivity index (χ0) is 23.9. The van der Waals surface area contributed by atoms with Gasteiger partial charge in [0.05, 0.1) is 14.2 Å². The van der Waals surface area contributed by atoms with Crippen molar-refractivity contribution in [2.24, 2.45) is 0 Å². The van der Waals surface area contributed by atoms with Gasteiger partial charge in [0.15, 0.2) is 0 Å². The third kappa shape index (κ3) is 5.67. The summed E-state index contributed by atoms with van der Waals surface area (Å²) < 4.78 is 10.7. The Morgan fingerprint density at radius 2 is 1.68 bits per heavy atom. The summed E-state index contributed by atoms with van der Waals surface area (Å²) in [6, 6.07) is 14.4. The van der Waals surface area contributed by atoms with Crippen molar-refractivity contribution in [2.75, 3.05) is 46.2 Å². The van der Waals surface area contributed by atoms with Crippen LogP contribution in [0.25, 0.3) is 0 Å². The van der Waals surface area contributed by atoms with Gasteiger partial charge in [-0.25, -0.2) is 0 Å². The standard InChI is InChI=1S/C26H33N3O4S/c1-32-21-15-20(16-22(17-21)33-2)25(31)29-23(18-34-26(29)19-9-5-3-6-10-19)24(30)27-11-14-28-12-7-4-8-13-28/h3,5-6,9-10,15-17,23,26H,4,7-8,11-14,18H2,1-2H3,(H,27,30). The third-order valence-corrected chi connectivity index (χ3v) is 7.72. The fraction of sp³-hybridized carbons (Fsp3) is 0.462. The van der Waals surface area contributed by atoms with Crippen molar-refractivity contribution < 1.29 is 19.1 Å². The summed E-state index contributed by atoms with van der Waals surface area (Å²) in [5, 5.41) is 2.84. The molecule has 2 saturated heterocycles. The van der Waals surface area contributed by atoms with Crippen molar-refractivity contribution in [3.63, 3.8) is 0 Å². The average Bonchev–Trinajstić information content (AvgIpc) is 3.34. The Hall–Kier alpha value is -2.71. The second-order valence-corrected chi connectivity index (χ2v) is 9.73. The summed E-state index contributed by atoms with van der Waals surface area (Å²) in [5.74, 6) is 1.29. The lowest BCUT2D eigenvalue weighted by atomic mass is 10.1. The number of rotatable bonds is 8. The Labute approximate surface area is 205 Å². The minimum absolute atomic E-state index is 0.105. The van der Waals surface area contributed by atoms with Crippen molar-refractivity contribution >= 4 is 23.6 Å². The largest absolute Gasteiger partial charge is 0.497 e. The molecule has 1 N–H and O–H groups in total. The molecule has 8 heteroatoms. The van der Waals surface area contributed by atoms with Crippen LogP contribution in [0.4, 0.5) is 0 Å². The highest BCUT2D eigenvalue weighted by Gasteiger charge is 2.42. The fourth-order valence-corrected chi connectivity index (χ4v) is 5.98. The number of carbonyl (C=O) groups is 2. The van der Waals surface area contributed by atoms with Crippen LogP contribution in [0.15, 0.2) is 48.5 Å². The number of nitrogens with zero attached hydrogens (tertiary/aromatic N) is 2. The number of benzene rings is 2. The van der Waals surface area contributed by atoms with Crippen LogP contribution in [0.1, 0.15) is 40.6 Å². The number of methoxy groups -OCH3 is 2. The molecule has 2 aromatic rings. The highest BCUT2D eigenvalue weighted by Crippen LogP contribution is 2.42. The molecule has 2 fully saturated rings. The number of likely N-dealkylation sites (tertiary alicyclic amines) is 1. The van der Waals surface area contributed by atoms with Gasteiger partial charge in [-0.3, -0.25) is 9.59 Å². The van der Waals surface area contributed by atoms with Gasteiger partial charge in [-0.15, -0.1) is 11.8 Å². The first-order valence-electron chi connectivity index (χ1n) is 11.8. The molecule has 0 bridgehead atoms. The molecule has 2 aliphatic heterocycles. The molecule has 2 amide bonds. The van der Waals surface area contributed by atoms with Crippen LogP contribution in [0.2, 0.25) is 0 Å². The van der Waals surface area contributed by atoms with Crippen molar-refractivity contribution in [3.8, 4) is 11.5 Å². The van der Waals surface area contributed by atoms with Crippen LogP contribution in [-0.4, -0.2) is 73.8 Å². The molecule has 2 aromatic carbocycles. The van der Waals surface area contributed by atoms with E-state index in [2.05, 4.69) is 10.2 Å². The Bertz CT molecular complexity index is 959. The number of carbonyl (C=O) groups excluding carboxylic acids is 2. The zero-order valence-corrected chi connectivity index (χ0v) is 20.7. The molecule has 2 atom stereocenters. The van der Waals surface area contributed by atoms with Gasteiger partial charge < -0.3 is 24.6 Å². The summed E-state index contributed by atoms with van der Waals surface area (Å²) in [4.78, 5) is 31.2. The Morgan fingerprint density at radius 1 is 1.00 bits per heavy atom. The lowest BCUT2D eigenvalue weighted by Gasteiger charge is -2.30. The van der Waals surface area contributed by atoms with Gasteiger partial charge >= 0.3 is 0 Å². The number of hydrogen-bond donors (Lipinski definition) is 1. The van der Waals surface area contributed by atoms with Crippen LogP contribution < -0.4 is 14.8 Å². The van der Waals surface area contributed by atoms with Crippen LogP contribution in [0.3, 0.4) is 0 Å². The monoisotopic (exact) mass is 483 g/mol. The van der Waals surface area contributed by atoms with Gasteiger partial charge in [-0.2, -0.15) is 0 Å². The second kappa shape index (κ2) is 11.6. The van der Waals surface area contributed by atoms with Crippen molar-refractivity contribution in [1.29, 1.82) is 0 Å². The summed E-state index contributed by atoms with van der Waals surface area (Å²) in [5.41, 5.74) is 1.44. The Morgan fingerprint density at radius 3 is 2.32 bits per heavy atom. The zero-order valence-electron chi connectivity index (χ0n) is 19.9. The molecule has 2 heterocycles. The molecule has 4 rings (SSSR count). The van der Waals surface area contributed by atoms with Crippen LogP contribution in [0.5, 0.6) is 11.5 Å². The van der Waals surface area contributed by atoms with Crippen LogP contribution in [-0.2, 0) is 4.79 Å². The summed E-state index contributed by atoms with van der Waals surface area (Å²) in [6.07, 6.45) is 3.73. The maximum Gasteiger partial charge on any atom is 0.256 e. The van der Waals surface area contributed by atoms with Gasteiger partial charge in [0.25, 0.3) is 5.91 Å². The fourth-order valence-electron chi connectivity index (χ4n) is 4.55. The molecular weight excluding hydrogens is 450 g/mol. The smallest absolute Gasteiger partial charge is 0.256 e. The summed E-state index contributed by atoms with van der Waals surface area (Å²) in [6.45, 7) is 3.61. The quantitative estimate of drug-likeness (QED) is 0.619. The number of hydrogen-bond acceptors (Lipinski definition) is 6. The Balaban J connectivity index is 1.54. The van der Waals surface area contributed by atoms with Gasteiger partial charge in [0, 0.05) is 30.5 Å². The first kappa shape index (κ1) is 24.4. The van der Waals surface area contributed by atoms with E-state index in [0.717, 1.165) is 25.2 Å². The molecule has 0 spiro atoms. The first-order valence-corrected chi connectivity index (χ1v) is 12.9. The van der Waals surface area contributed by atoms with E-state index in [4.69, 9.17) is 9.47 Å². The van der Waals surface area contributed by atoms with Gasteiger partial charge in [-0.1, -0.05) is 36.8 Å². The molecule has 7 nitrogen and oxygen atoms in total. The average molecular weight is 484 g/mol. The molecule has 34 heavy (non-hydrogen) atoms. The number of thioether (sulfide) groups is 1. The molecule has 182 valence electrons. The van der Waals surface area contributed by atoms with E-state index < -0.39 is 6.04 Å². The molecule has 0 aromatic heterocycles. The van der Waals surface area contributed by atoms with Gasteiger partial charge in [-0.05, 0) is 43.6 Å². The summed E-state index contributed by atoms with van der Waals surface area (Å²) >= 11 is 1.62. The lowest BCUT2D eigenvalue weighted by Crippen LogP contribution is -2.49. The highest BCUT2D eigenvalue weighted by atomic mass is 32.2. The molecule has 2 aliphatic rings. The first-order chi connectivity index (χ1) is 16.6. The third-order valence-electron chi connectivity index (χ3n) is 6.40. The summed E-state index contributed by atoms with van der Waals surface area (Å²) in [7, 11) is 3.11. The lowest BCUT2D eigenvalue weighted by molar-refractivity contribution is -0.124. The van der Waals surface area contributed by atoms with E-state index in [-0.39, 0.29) is 17.2 Å². The molecule has 0 saturated carbocycles. The molecule has 0 radical (unpaired) electrons. The minimum Gasteiger partial charge on any atom is -0.497 e. The van der Waals surface area contributed by atoms with Crippen LogP contribution >= 0.6 is 11.8 Å². The van der Waals surface area contributed by atoms with Crippen LogP contribution in [0, 0.1) is 0 Å². The SMILES string of the molecule is COc1cc(OC)cc(C(=O)N2C(C(=O)NCCN3CCCCC3)CSC2c2ccccc2)c1. The van der Waals surface area contributed by atoms with E-state index in [9.17, 15) is 9.59 Å². The highest BCUT2D eigenvalue weighted by molar-refractivity contribution is 7.99. The predicted molar refractivity (Wildman–Crippen MR) is 134 cm³/mol. The molecular formula is C26H33N3O4S. The number of ether oxygens (including phenoxy) is 2. The number of nitrogens with one attached hydrogen (secondary N) is 1. The Kier molecular flexibility index (Phi) is 8.34. The van der Waals surface area contributed by atoms with Crippen molar-refractivity contribution in [2.45, 2.75) is 30.7 Å². The van der Waals surface area contributed by atoms with E-state index in [1.54, 1.807) is 49.1 Å². The maximum atomic E-state index is 13.8. The van der Waals surface area contributed by atoms with E-state index in [0.29, 0.717) is 29.4 Å². The van der Waals surface area contributed by atoms with Crippen molar-refractivity contribution in [1.82, 2.24) is 15.1 Å². The molecule has 0 aliphatic carbocycles. The minimum atomic E-state index is -0.554. The topological polar surface area (TPSA) is 71.1 Å². The maximum absolute atomic E-state index is 13.8. The number of piperidine rings is 1. The predicted octanol–water partition coefficient (Wildman–Crippen LogP) is 3.56. The van der Waals surface area contributed by atoms with Gasteiger partial charge in [0.2, 0.25) is 5.91 Å². The molecule has 2 unspecified atom stereocenters. The van der Waals surface area contributed by atoms with E-state index >= 15 is 0 Å². The van der Waals surface area contributed by atoms with E-state index in [1.807, 2.05) is 30.3 Å². The normalized spacial score (nSPS) is 20.7.